The first kappa shape index (κ1) is 27.8. The maximum Gasteiger partial charge on any atom is 0.247 e. The summed E-state index contributed by atoms with van der Waals surface area (Å²) in [5.74, 6) is -1.74. The number of carbonyl (C=O) groups excluding carboxylic acids is 3. The van der Waals surface area contributed by atoms with E-state index in [1.807, 2.05) is 97.6 Å². The molecule has 0 aliphatic carbocycles. The molecule has 4 aliphatic heterocycles. The number of aliphatic hydroxyl groups excluding tert-OH is 1. The number of rotatable bonds is 7. The number of amides is 3. The highest BCUT2D eigenvalue weighted by molar-refractivity contribution is 8.02. The first-order valence-corrected chi connectivity index (χ1v) is 15.3. The van der Waals surface area contributed by atoms with Gasteiger partial charge in [0.15, 0.2) is 0 Å². The number of thioether (sulfide) groups is 1. The van der Waals surface area contributed by atoms with Crippen molar-refractivity contribution in [1.29, 1.82) is 0 Å². The molecule has 0 aromatic heterocycles. The van der Waals surface area contributed by atoms with E-state index >= 15 is 0 Å². The van der Waals surface area contributed by atoms with Crippen LogP contribution in [0, 0.1) is 17.8 Å². The van der Waals surface area contributed by atoms with Crippen molar-refractivity contribution in [2.45, 2.75) is 49.0 Å². The summed E-state index contributed by atoms with van der Waals surface area (Å²) in [4.78, 5) is 48.6. The van der Waals surface area contributed by atoms with Crippen molar-refractivity contribution in [3.8, 4) is 0 Å². The van der Waals surface area contributed by atoms with Gasteiger partial charge in [-0.25, -0.2) is 0 Å². The maximum absolute atomic E-state index is 14.6. The van der Waals surface area contributed by atoms with Crippen LogP contribution >= 0.6 is 11.8 Å². The molecule has 2 saturated heterocycles. The van der Waals surface area contributed by atoms with E-state index in [1.165, 1.54) is 0 Å². The molecule has 3 amide bonds. The minimum Gasteiger partial charge on any atom is -0.394 e. The minimum atomic E-state index is -0.896. The van der Waals surface area contributed by atoms with Gasteiger partial charge in [-0.15, -0.1) is 11.8 Å². The van der Waals surface area contributed by atoms with E-state index in [9.17, 15) is 19.5 Å². The van der Waals surface area contributed by atoms with Crippen LogP contribution < -0.4 is 0 Å². The Balaban J connectivity index is 1.40. The van der Waals surface area contributed by atoms with Gasteiger partial charge < -0.3 is 19.8 Å². The van der Waals surface area contributed by atoms with Gasteiger partial charge in [0.2, 0.25) is 17.7 Å². The predicted molar refractivity (Wildman–Crippen MR) is 159 cm³/mol. The zero-order chi connectivity index (χ0) is 28.7. The number of carbonyl (C=O) groups is 3. The Morgan fingerprint density at radius 1 is 0.854 bits per heavy atom. The van der Waals surface area contributed by atoms with Crippen LogP contribution in [0.1, 0.15) is 25.0 Å². The molecule has 2 aromatic carbocycles. The number of nitrogens with zero attached hydrogens (tertiary/aromatic N) is 3. The van der Waals surface area contributed by atoms with Crippen molar-refractivity contribution in [2.75, 3.05) is 19.7 Å². The fourth-order valence-corrected chi connectivity index (χ4v) is 9.04. The molecule has 0 radical (unpaired) electrons. The van der Waals surface area contributed by atoms with Crippen molar-refractivity contribution < 1.29 is 19.5 Å². The summed E-state index contributed by atoms with van der Waals surface area (Å²) in [6.45, 7) is 5.47. The molecule has 1 spiro atoms. The SMILES string of the molecule is CC(C)[C@H](CO)N1C(=O)[C@@H]2[C@H]3C(=O)N(Cc4ccccc4)CC=C[C@H]3S[C@@]23C=CCN(Cc2ccccc2)C(=O)C13. The zero-order valence-corrected chi connectivity index (χ0v) is 24.3. The molecule has 8 heteroatoms. The van der Waals surface area contributed by atoms with Gasteiger partial charge in [-0.2, -0.15) is 0 Å². The summed E-state index contributed by atoms with van der Waals surface area (Å²) in [7, 11) is 0. The van der Waals surface area contributed by atoms with Gasteiger partial charge in [-0.1, -0.05) is 98.8 Å². The number of benzene rings is 2. The third kappa shape index (κ3) is 4.71. The second-order valence-corrected chi connectivity index (χ2v) is 13.3. The van der Waals surface area contributed by atoms with Crippen LogP contribution in [-0.2, 0) is 27.5 Å². The van der Waals surface area contributed by atoms with E-state index in [2.05, 4.69) is 6.08 Å². The Bertz CT molecular complexity index is 1360. The van der Waals surface area contributed by atoms with E-state index in [-0.39, 0.29) is 35.5 Å². The average molecular weight is 572 g/mol. The Morgan fingerprint density at radius 3 is 2.02 bits per heavy atom. The fourth-order valence-electron chi connectivity index (χ4n) is 7.04. The molecule has 4 heterocycles. The molecule has 4 aliphatic rings. The van der Waals surface area contributed by atoms with Crippen LogP contribution in [0.3, 0.4) is 0 Å². The molecule has 2 aromatic rings. The summed E-state index contributed by atoms with van der Waals surface area (Å²) in [5.41, 5.74) is 2.05. The molecule has 6 rings (SSSR count). The lowest BCUT2D eigenvalue weighted by molar-refractivity contribution is -0.148. The van der Waals surface area contributed by atoms with Gasteiger partial charge in [0.25, 0.3) is 0 Å². The number of aliphatic hydroxyl groups is 1. The number of hydrogen-bond acceptors (Lipinski definition) is 5. The van der Waals surface area contributed by atoms with Gasteiger partial charge in [0.1, 0.15) is 6.04 Å². The Kier molecular flexibility index (Phi) is 7.55. The zero-order valence-electron chi connectivity index (χ0n) is 23.5. The molecule has 1 unspecified atom stereocenters. The Labute approximate surface area is 245 Å². The second-order valence-electron chi connectivity index (χ2n) is 11.8. The largest absolute Gasteiger partial charge is 0.394 e. The van der Waals surface area contributed by atoms with Gasteiger partial charge in [0, 0.05) is 31.4 Å². The van der Waals surface area contributed by atoms with Crippen LogP contribution in [0.25, 0.3) is 0 Å². The molecule has 0 bridgehead atoms. The number of hydrogen-bond donors (Lipinski definition) is 1. The number of likely N-dealkylation sites (tertiary alicyclic amines) is 1. The van der Waals surface area contributed by atoms with Gasteiger partial charge in [0.05, 0.1) is 29.2 Å². The van der Waals surface area contributed by atoms with E-state index < -0.39 is 28.7 Å². The Hall–Kier alpha value is -3.36. The summed E-state index contributed by atoms with van der Waals surface area (Å²) in [5, 5.41) is 10.3. The molecule has 214 valence electrons. The molecule has 7 nitrogen and oxygen atoms in total. The molecule has 0 saturated carbocycles. The molecule has 2 fully saturated rings. The standard InChI is InChI=1S/C33H37N3O4S/c1-22(2)25(21-37)36-29-32(40)35(20-24-13-7-4-8-14-24)18-10-16-33(29)28(31(36)39)27-26(41-33)15-9-17-34(30(27)38)19-23-11-5-3-6-12-23/h3-16,22,25-29,37H,17-21H2,1-2H3/t25-,26+,27-,28-,29?,33-/m0/s1. The van der Waals surface area contributed by atoms with Gasteiger partial charge in [-0.3, -0.25) is 14.4 Å². The summed E-state index contributed by atoms with van der Waals surface area (Å²) < 4.78 is -0.896. The van der Waals surface area contributed by atoms with Gasteiger partial charge in [-0.05, 0) is 17.0 Å². The lowest BCUT2D eigenvalue weighted by Crippen LogP contribution is -2.57. The smallest absolute Gasteiger partial charge is 0.247 e. The highest BCUT2D eigenvalue weighted by Crippen LogP contribution is 2.61. The van der Waals surface area contributed by atoms with Crippen LogP contribution in [0.2, 0.25) is 0 Å². The third-order valence-corrected chi connectivity index (χ3v) is 10.8. The first-order chi connectivity index (χ1) is 19.9. The van der Waals surface area contributed by atoms with Crippen molar-refractivity contribution >= 4 is 29.5 Å². The molecule has 6 atom stereocenters. The topological polar surface area (TPSA) is 81.2 Å². The quantitative estimate of drug-likeness (QED) is 0.515. The number of fused-ring (bicyclic) bond motifs is 2. The summed E-state index contributed by atoms with van der Waals surface area (Å²) >= 11 is 1.58. The van der Waals surface area contributed by atoms with Crippen LogP contribution in [0.15, 0.2) is 85.0 Å². The minimum absolute atomic E-state index is 0.0523. The summed E-state index contributed by atoms with van der Waals surface area (Å²) in [6, 6.07) is 18.4. The molecular weight excluding hydrogens is 534 g/mol. The van der Waals surface area contributed by atoms with Crippen molar-refractivity contribution in [3.05, 3.63) is 96.1 Å². The highest BCUT2D eigenvalue weighted by atomic mass is 32.2. The van der Waals surface area contributed by atoms with Crippen molar-refractivity contribution in [1.82, 2.24) is 14.7 Å². The van der Waals surface area contributed by atoms with Crippen LogP contribution in [0.5, 0.6) is 0 Å². The normalized spacial score (nSPS) is 29.9. The molecule has 41 heavy (non-hydrogen) atoms. The van der Waals surface area contributed by atoms with Crippen molar-refractivity contribution in [2.24, 2.45) is 17.8 Å². The molecule has 1 N–H and O–H groups in total. The lowest BCUT2D eigenvalue weighted by atomic mass is 9.78. The monoisotopic (exact) mass is 571 g/mol. The van der Waals surface area contributed by atoms with Gasteiger partial charge >= 0.3 is 0 Å². The van der Waals surface area contributed by atoms with E-state index in [4.69, 9.17) is 0 Å². The average Bonchev–Trinajstić information content (AvgIpc) is 3.29. The van der Waals surface area contributed by atoms with E-state index in [0.29, 0.717) is 26.2 Å². The maximum atomic E-state index is 14.6. The predicted octanol–water partition coefficient (Wildman–Crippen LogP) is 3.50. The van der Waals surface area contributed by atoms with Crippen molar-refractivity contribution in [3.63, 3.8) is 0 Å². The lowest BCUT2D eigenvalue weighted by Gasteiger charge is -2.39. The summed E-state index contributed by atoms with van der Waals surface area (Å²) in [6.07, 6.45) is 8.14. The van der Waals surface area contributed by atoms with E-state index in [1.54, 1.807) is 21.6 Å². The highest BCUT2D eigenvalue weighted by Gasteiger charge is 2.71. The second kappa shape index (κ2) is 11.1. The third-order valence-electron chi connectivity index (χ3n) is 9.01. The molecular formula is C33H37N3O4S. The van der Waals surface area contributed by atoms with Crippen LogP contribution in [0.4, 0.5) is 0 Å². The van der Waals surface area contributed by atoms with Crippen LogP contribution in [-0.4, -0.2) is 79.3 Å². The Morgan fingerprint density at radius 2 is 1.44 bits per heavy atom. The van der Waals surface area contributed by atoms with E-state index in [0.717, 1.165) is 11.1 Å². The fraction of sp³-hybridized carbons (Fsp3) is 0.424. The first-order valence-electron chi connectivity index (χ1n) is 14.5.